The number of benzene rings is 1. The van der Waals surface area contributed by atoms with Gasteiger partial charge < -0.3 is 10.1 Å². The summed E-state index contributed by atoms with van der Waals surface area (Å²) in [6.07, 6.45) is 5.41. The van der Waals surface area contributed by atoms with Crippen LogP contribution in [0.5, 0.6) is 0 Å². The van der Waals surface area contributed by atoms with Crippen molar-refractivity contribution in [2.45, 2.75) is 45.3 Å². The normalized spacial score (nSPS) is 26.8. The van der Waals surface area contributed by atoms with Crippen molar-refractivity contribution in [3.63, 3.8) is 0 Å². The molecule has 24 heavy (non-hydrogen) atoms. The molecule has 4 nitrogen and oxygen atoms in total. The van der Waals surface area contributed by atoms with Crippen LogP contribution >= 0.6 is 11.3 Å². The number of carbonyl (C=O) groups excluding carboxylic acids is 1. The van der Waals surface area contributed by atoms with E-state index in [1.807, 2.05) is 18.2 Å². The fourth-order valence-corrected chi connectivity index (χ4v) is 5.43. The fourth-order valence-electron chi connectivity index (χ4n) is 4.52. The molecule has 0 radical (unpaired) electrons. The molecule has 2 bridgehead atoms. The van der Waals surface area contributed by atoms with E-state index >= 15 is 0 Å². The fraction of sp³-hybridized carbons (Fsp3) is 0.579. The van der Waals surface area contributed by atoms with Crippen molar-refractivity contribution in [2.24, 2.45) is 17.8 Å². The number of para-hydroxylation sites is 1. The zero-order valence-corrected chi connectivity index (χ0v) is 14.8. The van der Waals surface area contributed by atoms with E-state index in [-0.39, 0.29) is 18.6 Å². The van der Waals surface area contributed by atoms with Crippen LogP contribution in [-0.2, 0) is 16.1 Å². The molecule has 2 aliphatic carbocycles. The molecule has 128 valence electrons. The largest absolute Gasteiger partial charge is 0.364 e. The second-order valence-electron chi connectivity index (χ2n) is 7.26. The molecule has 2 aromatic rings. The first-order valence-corrected chi connectivity index (χ1v) is 9.72. The highest BCUT2D eigenvalue weighted by Gasteiger charge is 2.42. The Hall–Kier alpha value is -1.46. The molecule has 1 aromatic heterocycles. The lowest BCUT2D eigenvalue weighted by molar-refractivity contribution is -0.127. The lowest BCUT2D eigenvalue weighted by atomic mass is 9.84. The highest BCUT2D eigenvalue weighted by atomic mass is 32.1. The zero-order valence-electron chi connectivity index (χ0n) is 14.0. The number of aromatic nitrogens is 1. The van der Waals surface area contributed by atoms with Gasteiger partial charge in [0.2, 0.25) is 5.91 Å². The van der Waals surface area contributed by atoms with Gasteiger partial charge in [0.15, 0.2) is 0 Å². The summed E-state index contributed by atoms with van der Waals surface area (Å²) in [5, 5.41) is 4.06. The van der Waals surface area contributed by atoms with Crippen LogP contribution in [0.15, 0.2) is 24.3 Å². The Morgan fingerprint density at radius 3 is 3.00 bits per heavy atom. The van der Waals surface area contributed by atoms with Crippen molar-refractivity contribution in [1.82, 2.24) is 10.3 Å². The van der Waals surface area contributed by atoms with Gasteiger partial charge in [-0.3, -0.25) is 4.79 Å². The first-order chi connectivity index (χ1) is 11.7. The lowest BCUT2D eigenvalue weighted by Gasteiger charge is -2.28. The highest BCUT2D eigenvalue weighted by Crippen LogP contribution is 2.49. The van der Waals surface area contributed by atoms with Crippen molar-refractivity contribution in [1.29, 1.82) is 0 Å². The number of fused-ring (bicyclic) bond motifs is 3. The predicted molar refractivity (Wildman–Crippen MR) is 95.8 cm³/mol. The number of nitrogens with zero attached hydrogens (tertiary/aromatic N) is 1. The SMILES string of the molecule is CC(NC(=O)COCc1nc2ccccc2s1)C1CC2CCC1C2. The van der Waals surface area contributed by atoms with Crippen molar-refractivity contribution in [2.75, 3.05) is 6.61 Å². The number of nitrogens with one attached hydrogen (secondary N) is 1. The second kappa shape index (κ2) is 6.81. The monoisotopic (exact) mass is 344 g/mol. The Bertz CT molecular complexity index is 696. The van der Waals surface area contributed by atoms with Crippen molar-refractivity contribution >= 4 is 27.5 Å². The van der Waals surface area contributed by atoms with Gasteiger partial charge in [-0.05, 0) is 56.1 Å². The van der Waals surface area contributed by atoms with E-state index in [2.05, 4.69) is 23.3 Å². The number of amides is 1. The lowest BCUT2D eigenvalue weighted by Crippen LogP contribution is -2.41. The minimum atomic E-state index is -0.00798. The minimum absolute atomic E-state index is 0.00798. The third kappa shape index (κ3) is 3.33. The van der Waals surface area contributed by atoms with E-state index in [1.54, 1.807) is 11.3 Å². The van der Waals surface area contributed by atoms with Gasteiger partial charge in [0, 0.05) is 6.04 Å². The molecule has 1 N–H and O–H groups in total. The molecule has 0 saturated heterocycles. The van der Waals surface area contributed by atoms with Gasteiger partial charge in [-0.1, -0.05) is 18.6 Å². The average molecular weight is 344 g/mol. The van der Waals surface area contributed by atoms with Gasteiger partial charge in [-0.15, -0.1) is 11.3 Å². The molecule has 4 atom stereocenters. The molecule has 2 aliphatic rings. The molecule has 1 aromatic carbocycles. The van der Waals surface area contributed by atoms with Crippen LogP contribution in [0.25, 0.3) is 10.2 Å². The second-order valence-corrected chi connectivity index (χ2v) is 8.38. The minimum Gasteiger partial charge on any atom is -0.364 e. The maximum atomic E-state index is 12.1. The summed E-state index contributed by atoms with van der Waals surface area (Å²) in [6.45, 7) is 2.66. The number of thiazole rings is 1. The van der Waals surface area contributed by atoms with Crippen LogP contribution in [-0.4, -0.2) is 23.5 Å². The van der Waals surface area contributed by atoms with Crippen LogP contribution in [0.3, 0.4) is 0 Å². The maximum Gasteiger partial charge on any atom is 0.246 e. The smallest absolute Gasteiger partial charge is 0.246 e. The van der Waals surface area contributed by atoms with E-state index in [1.165, 1.54) is 25.7 Å². The Labute approximate surface area is 146 Å². The summed E-state index contributed by atoms with van der Waals surface area (Å²) in [7, 11) is 0. The average Bonchev–Trinajstić information content (AvgIpc) is 3.29. The number of ether oxygens (including phenoxy) is 1. The summed E-state index contributed by atoms with van der Waals surface area (Å²) < 4.78 is 6.73. The van der Waals surface area contributed by atoms with Gasteiger partial charge in [0.25, 0.3) is 0 Å². The van der Waals surface area contributed by atoms with E-state index in [0.29, 0.717) is 12.5 Å². The van der Waals surface area contributed by atoms with Crippen LogP contribution in [0.4, 0.5) is 0 Å². The van der Waals surface area contributed by atoms with E-state index in [0.717, 1.165) is 27.1 Å². The third-order valence-corrected chi connectivity index (χ3v) is 6.63. The number of hydrogen-bond donors (Lipinski definition) is 1. The topological polar surface area (TPSA) is 51.2 Å². The van der Waals surface area contributed by atoms with E-state index < -0.39 is 0 Å². The van der Waals surface area contributed by atoms with Crippen molar-refractivity contribution in [3.8, 4) is 0 Å². The molecular weight excluding hydrogens is 320 g/mol. The summed E-state index contributed by atoms with van der Waals surface area (Å²) in [5.41, 5.74) is 0.996. The van der Waals surface area contributed by atoms with Gasteiger partial charge in [0.1, 0.15) is 11.6 Å². The van der Waals surface area contributed by atoms with Gasteiger partial charge >= 0.3 is 0 Å². The summed E-state index contributed by atoms with van der Waals surface area (Å²) in [5.74, 6) is 2.40. The zero-order chi connectivity index (χ0) is 16.5. The summed E-state index contributed by atoms with van der Waals surface area (Å²) >= 11 is 1.62. The first kappa shape index (κ1) is 16.0. The van der Waals surface area contributed by atoms with Crippen molar-refractivity contribution < 1.29 is 9.53 Å². The van der Waals surface area contributed by atoms with Gasteiger partial charge in [-0.2, -0.15) is 0 Å². The van der Waals surface area contributed by atoms with Gasteiger partial charge in [0.05, 0.1) is 16.8 Å². The molecule has 2 saturated carbocycles. The van der Waals surface area contributed by atoms with Crippen LogP contribution in [0.2, 0.25) is 0 Å². The number of carbonyl (C=O) groups is 1. The standard InChI is InChI=1S/C19H24N2O2S/c1-12(15-9-13-6-7-14(15)8-13)20-18(22)10-23-11-19-21-16-4-2-3-5-17(16)24-19/h2-5,12-15H,6-11H2,1H3,(H,20,22). The molecule has 2 fully saturated rings. The molecule has 1 heterocycles. The molecule has 1 amide bonds. The van der Waals surface area contributed by atoms with E-state index in [4.69, 9.17) is 4.74 Å². The van der Waals surface area contributed by atoms with E-state index in [9.17, 15) is 4.79 Å². The Morgan fingerprint density at radius 1 is 1.38 bits per heavy atom. The highest BCUT2D eigenvalue weighted by molar-refractivity contribution is 7.18. The quantitative estimate of drug-likeness (QED) is 0.868. The van der Waals surface area contributed by atoms with Gasteiger partial charge in [-0.25, -0.2) is 4.98 Å². The molecule has 4 rings (SSSR count). The molecular formula is C19H24N2O2S. The summed E-state index contributed by atoms with van der Waals surface area (Å²) in [4.78, 5) is 16.6. The van der Waals surface area contributed by atoms with Crippen LogP contribution < -0.4 is 5.32 Å². The molecule has 5 heteroatoms. The Kier molecular flexibility index (Phi) is 4.55. The Morgan fingerprint density at radius 2 is 2.25 bits per heavy atom. The molecule has 4 unspecified atom stereocenters. The maximum absolute atomic E-state index is 12.1. The van der Waals surface area contributed by atoms with Crippen molar-refractivity contribution in [3.05, 3.63) is 29.3 Å². The molecule has 0 aliphatic heterocycles. The molecule has 0 spiro atoms. The Balaban J connectivity index is 1.23. The number of rotatable bonds is 6. The predicted octanol–water partition coefficient (Wildman–Crippen LogP) is 3.75. The third-order valence-electron chi connectivity index (χ3n) is 5.62. The summed E-state index contributed by atoms with van der Waals surface area (Å²) in [6, 6.07) is 8.31. The van der Waals surface area contributed by atoms with Crippen LogP contribution in [0.1, 0.15) is 37.6 Å². The first-order valence-electron chi connectivity index (χ1n) is 8.90. The number of hydrogen-bond acceptors (Lipinski definition) is 4. The van der Waals surface area contributed by atoms with Crippen LogP contribution in [0, 0.1) is 17.8 Å².